The smallest absolute Gasteiger partial charge is 0.0477 e. The van der Waals surface area contributed by atoms with Gasteiger partial charge >= 0.3 is 0 Å². The van der Waals surface area contributed by atoms with Gasteiger partial charge in [-0.15, -0.1) is 17.3 Å². The van der Waals surface area contributed by atoms with Crippen LogP contribution < -0.4 is 0 Å². The molecule has 0 nitrogen and oxygen atoms in total. The van der Waals surface area contributed by atoms with Crippen LogP contribution in [-0.4, -0.2) is 5.88 Å². The highest BCUT2D eigenvalue weighted by molar-refractivity contribution is 6.19. The minimum absolute atomic E-state index is 0.406. The first-order chi connectivity index (χ1) is 7.33. The van der Waals surface area contributed by atoms with Crippen molar-refractivity contribution in [1.82, 2.24) is 0 Å². The summed E-state index contributed by atoms with van der Waals surface area (Å²) < 4.78 is 0. The average Bonchev–Trinajstić information content (AvgIpc) is 2.41. The summed E-state index contributed by atoms with van der Waals surface area (Å²) in [4.78, 5) is 0. The summed E-state index contributed by atoms with van der Waals surface area (Å²) in [5.41, 5.74) is 6.90. The van der Waals surface area contributed by atoms with Crippen molar-refractivity contribution in [1.29, 1.82) is 0 Å². The molecule has 1 atom stereocenters. The number of fused-ring (bicyclic) bond motifs is 2. The Kier molecular flexibility index (Phi) is 3.11. The molecule has 0 spiro atoms. The minimum Gasteiger partial charge on any atom is -0.122 e. The fraction of sp³-hybridized carbons (Fsp3) is 0.214. The molecule has 2 bridgehead atoms. The molecule has 0 N–H and O–H groups in total. The van der Waals surface area contributed by atoms with Crippen LogP contribution in [0, 0.1) is 5.92 Å². The summed E-state index contributed by atoms with van der Waals surface area (Å²) in [6, 6.07) is 0. The van der Waals surface area contributed by atoms with Gasteiger partial charge in [-0.2, -0.15) is 0 Å². The van der Waals surface area contributed by atoms with Gasteiger partial charge in [0.2, 0.25) is 0 Å². The van der Waals surface area contributed by atoms with Crippen LogP contribution >= 0.6 is 11.6 Å². The first kappa shape index (κ1) is 10.3. The fourth-order valence-corrected chi connectivity index (χ4v) is 2.13. The van der Waals surface area contributed by atoms with E-state index in [9.17, 15) is 0 Å². The average molecular weight is 217 g/mol. The molecule has 0 heterocycles. The van der Waals surface area contributed by atoms with E-state index >= 15 is 0 Å². The lowest BCUT2D eigenvalue weighted by Gasteiger charge is -2.17. The molecule has 0 aliphatic heterocycles. The van der Waals surface area contributed by atoms with Crippen molar-refractivity contribution in [3.8, 4) is 0 Å². The van der Waals surface area contributed by atoms with Crippen molar-refractivity contribution < 1.29 is 0 Å². The lowest BCUT2D eigenvalue weighted by Crippen LogP contribution is -2.04. The van der Waals surface area contributed by atoms with Crippen LogP contribution in [0.4, 0.5) is 0 Å². The van der Waals surface area contributed by atoms with Gasteiger partial charge in [0, 0.05) is 11.8 Å². The molecule has 0 aromatic heterocycles. The molecule has 2 aliphatic rings. The lowest BCUT2D eigenvalue weighted by molar-refractivity contribution is 0.835. The van der Waals surface area contributed by atoms with E-state index in [0.717, 1.165) is 0 Å². The summed E-state index contributed by atoms with van der Waals surface area (Å²) in [5.74, 6) is 0.967. The van der Waals surface area contributed by atoms with E-state index in [2.05, 4.69) is 43.0 Å². The molecular weight excluding hydrogens is 204 g/mol. The molecular formula is C14H13Cl. The van der Waals surface area contributed by atoms with Crippen LogP contribution in [-0.2, 0) is 0 Å². The van der Waals surface area contributed by atoms with E-state index in [-0.39, 0.29) is 0 Å². The quantitative estimate of drug-likeness (QED) is 0.460. The maximum absolute atomic E-state index is 5.95. The second kappa shape index (κ2) is 4.53. The van der Waals surface area contributed by atoms with E-state index in [0.29, 0.717) is 11.8 Å². The van der Waals surface area contributed by atoms with Crippen molar-refractivity contribution in [2.24, 2.45) is 5.92 Å². The van der Waals surface area contributed by atoms with Crippen LogP contribution in [0.25, 0.3) is 0 Å². The molecule has 76 valence electrons. The Morgan fingerprint density at radius 2 is 2.07 bits per heavy atom. The third kappa shape index (κ3) is 2.07. The molecule has 0 radical (unpaired) electrons. The summed E-state index contributed by atoms with van der Waals surface area (Å²) in [6.07, 6.45) is 14.4. The van der Waals surface area contributed by atoms with Gasteiger partial charge < -0.3 is 0 Å². The zero-order chi connectivity index (χ0) is 10.7. The van der Waals surface area contributed by atoms with E-state index in [1.807, 2.05) is 12.2 Å². The van der Waals surface area contributed by atoms with Crippen LogP contribution in [0.3, 0.4) is 0 Å². The van der Waals surface area contributed by atoms with Crippen LogP contribution in [0.1, 0.15) is 6.92 Å². The zero-order valence-electron chi connectivity index (χ0n) is 8.70. The van der Waals surface area contributed by atoms with Crippen LogP contribution in [0.2, 0.25) is 0 Å². The molecule has 0 aromatic rings. The Balaban J connectivity index is 2.56. The van der Waals surface area contributed by atoms with E-state index < -0.39 is 0 Å². The maximum atomic E-state index is 5.95. The molecule has 15 heavy (non-hydrogen) atoms. The predicted octanol–water partition coefficient (Wildman–Crippen LogP) is 3.94. The van der Waals surface area contributed by atoms with Gasteiger partial charge in [-0.25, -0.2) is 0 Å². The summed E-state index contributed by atoms with van der Waals surface area (Å²) in [5, 5.41) is 0. The Labute approximate surface area is 95.6 Å². The Bertz CT molecular complexity index is 438. The van der Waals surface area contributed by atoms with Gasteiger partial charge in [0.1, 0.15) is 0 Å². The van der Waals surface area contributed by atoms with E-state index in [4.69, 9.17) is 11.6 Å². The molecule has 0 fully saturated rings. The Morgan fingerprint density at radius 3 is 2.87 bits per heavy atom. The molecule has 1 unspecified atom stereocenters. The highest BCUT2D eigenvalue weighted by Gasteiger charge is 2.16. The SMILES string of the molecule is CC1C2=CC=C=C/C=C\1C=CC=C2CCl. The maximum Gasteiger partial charge on any atom is 0.0477 e. The Hall–Kier alpha value is -1.23. The summed E-state index contributed by atoms with van der Waals surface area (Å²) >= 11 is 5.95. The lowest BCUT2D eigenvalue weighted by atomic mass is 9.88. The topological polar surface area (TPSA) is 0 Å². The molecule has 0 saturated carbocycles. The van der Waals surface area contributed by atoms with Crippen molar-refractivity contribution >= 4 is 11.6 Å². The van der Waals surface area contributed by atoms with E-state index in [1.165, 1.54) is 16.7 Å². The molecule has 0 aromatic carbocycles. The van der Waals surface area contributed by atoms with Gasteiger partial charge in [0.15, 0.2) is 0 Å². The normalized spacial score (nSPS) is 27.1. The van der Waals surface area contributed by atoms with Crippen molar-refractivity contribution in [3.63, 3.8) is 0 Å². The largest absolute Gasteiger partial charge is 0.122 e. The number of halogens is 1. The highest BCUT2D eigenvalue weighted by atomic mass is 35.5. The number of allylic oxidation sites excluding steroid dienone is 9. The van der Waals surface area contributed by atoms with Crippen molar-refractivity contribution in [2.75, 3.05) is 5.88 Å². The Morgan fingerprint density at radius 1 is 1.27 bits per heavy atom. The predicted molar refractivity (Wildman–Crippen MR) is 65.9 cm³/mol. The number of alkyl halides is 1. The number of rotatable bonds is 1. The summed E-state index contributed by atoms with van der Waals surface area (Å²) in [7, 11) is 0. The molecule has 0 saturated heterocycles. The van der Waals surface area contributed by atoms with Gasteiger partial charge in [-0.3, -0.25) is 0 Å². The van der Waals surface area contributed by atoms with Gasteiger partial charge in [0.25, 0.3) is 0 Å². The van der Waals surface area contributed by atoms with Gasteiger partial charge in [-0.1, -0.05) is 37.3 Å². The molecule has 2 rings (SSSR count). The van der Waals surface area contributed by atoms with Crippen LogP contribution in [0.5, 0.6) is 0 Å². The van der Waals surface area contributed by atoms with Crippen LogP contribution in [0.15, 0.2) is 65.0 Å². The third-order valence-electron chi connectivity index (χ3n) is 2.80. The molecule has 2 aliphatic carbocycles. The second-order valence-corrected chi connectivity index (χ2v) is 3.96. The zero-order valence-corrected chi connectivity index (χ0v) is 9.46. The third-order valence-corrected chi connectivity index (χ3v) is 3.09. The minimum atomic E-state index is 0.406. The fourth-order valence-electron chi connectivity index (χ4n) is 1.88. The molecule has 0 amide bonds. The molecule has 1 heteroatoms. The van der Waals surface area contributed by atoms with Gasteiger partial charge in [0.05, 0.1) is 0 Å². The monoisotopic (exact) mass is 216 g/mol. The van der Waals surface area contributed by atoms with Gasteiger partial charge in [-0.05, 0) is 28.9 Å². The second-order valence-electron chi connectivity index (χ2n) is 3.70. The first-order valence-corrected chi connectivity index (χ1v) is 5.63. The number of hydrogen-bond acceptors (Lipinski definition) is 0. The standard InChI is InChI=1S/C14H13Cl/c1-11-12-6-3-2-4-9-14(11)13(10-15)8-5-7-12/h3-9,11H,10H2,1H3/b12-6-,14-9?. The first-order valence-electron chi connectivity index (χ1n) is 5.09. The van der Waals surface area contributed by atoms with Crippen molar-refractivity contribution in [3.05, 3.63) is 65.0 Å². The number of hydrogen-bond donors (Lipinski definition) is 0. The summed E-state index contributed by atoms with van der Waals surface area (Å²) in [6.45, 7) is 2.21. The highest BCUT2D eigenvalue weighted by Crippen LogP contribution is 2.31. The van der Waals surface area contributed by atoms with E-state index in [1.54, 1.807) is 0 Å². The van der Waals surface area contributed by atoms with Crippen molar-refractivity contribution in [2.45, 2.75) is 6.92 Å².